The van der Waals surface area contributed by atoms with Gasteiger partial charge in [-0.2, -0.15) is 0 Å². The zero-order valence-electron chi connectivity index (χ0n) is 19.0. The standard InChI is InChI=1S/C24H29ClN4O3S/c1-24(2)22(31)29(23(32)26-24)11-5-8-21(30)28-14-12-27(13-15-28)16-17-9-10-20(33-17)18-6-3-4-7-19(18)25/h3-4,6-7,9-10H,5,8,11-16H2,1-2H3,(H,26,32). The van der Waals surface area contributed by atoms with Crippen LogP contribution >= 0.6 is 22.9 Å². The summed E-state index contributed by atoms with van der Waals surface area (Å²) in [6, 6.07) is 11.8. The molecule has 1 aromatic carbocycles. The van der Waals surface area contributed by atoms with Crippen LogP contribution in [0, 0.1) is 0 Å². The summed E-state index contributed by atoms with van der Waals surface area (Å²) in [7, 11) is 0. The molecule has 7 nitrogen and oxygen atoms in total. The number of urea groups is 1. The van der Waals surface area contributed by atoms with Crippen LogP contribution in [0.1, 0.15) is 31.6 Å². The van der Waals surface area contributed by atoms with E-state index < -0.39 is 5.54 Å². The van der Waals surface area contributed by atoms with E-state index in [-0.39, 0.29) is 24.4 Å². The van der Waals surface area contributed by atoms with Crippen molar-refractivity contribution in [1.82, 2.24) is 20.0 Å². The Morgan fingerprint density at radius 3 is 2.48 bits per heavy atom. The molecule has 1 aromatic heterocycles. The highest BCUT2D eigenvalue weighted by molar-refractivity contribution is 7.15. The molecule has 0 saturated carbocycles. The molecule has 0 bridgehead atoms. The van der Waals surface area contributed by atoms with Crippen LogP contribution in [0.15, 0.2) is 36.4 Å². The molecule has 9 heteroatoms. The first-order chi connectivity index (χ1) is 15.7. The Kier molecular flexibility index (Phi) is 7.07. The molecule has 1 N–H and O–H groups in total. The Balaban J connectivity index is 1.21. The van der Waals surface area contributed by atoms with Gasteiger partial charge in [-0.05, 0) is 38.5 Å². The summed E-state index contributed by atoms with van der Waals surface area (Å²) in [5.74, 6) is -0.155. The minimum atomic E-state index is -0.867. The van der Waals surface area contributed by atoms with Crippen molar-refractivity contribution in [3.63, 3.8) is 0 Å². The van der Waals surface area contributed by atoms with Crippen molar-refractivity contribution in [1.29, 1.82) is 0 Å². The van der Waals surface area contributed by atoms with Crippen molar-refractivity contribution in [2.24, 2.45) is 0 Å². The fourth-order valence-corrected chi connectivity index (χ4v) is 5.60. The van der Waals surface area contributed by atoms with Gasteiger partial charge in [-0.1, -0.05) is 29.8 Å². The number of piperazine rings is 1. The van der Waals surface area contributed by atoms with Crippen molar-refractivity contribution >= 4 is 40.8 Å². The molecule has 4 rings (SSSR count). The van der Waals surface area contributed by atoms with E-state index in [9.17, 15) is 14.4 Å². The zero-order chi connectivity index (χ0) is 23.6. The van der Waals surface area contributed by atoms with E-state index in [1.807, 2.05) is 29.2 Å². The number of thiophene rings is 1. The molecule has 2 aromatic rings. The first kappa shape index (κ1) is 23.7. The molecule has 2 aliphatic rings. The molecule has 4 amide bonds. The fourth-order valence-electron chi connectivity index (χ4n) is 4.21. The Hall–Kier alpha value is -2.42. The maximum atomic E-state index is 12.6. The van der Waals surface area contributed by atoms with E-state index in [4.69, 9.17) is 11.6 Å². The molecular weight excluding hydrogens is 460 g/mol. The van der Waals surface area contributed by atoms with Gasteiger partial charge in [0.05, 0.1) is 0 Å². The summed E-state index contributed by atoms with van der Waals surface area (Å²) in [5.41, 5.74) is 0.191. The van der Waals surface area contributed by atoms with Crippen LogP contribution in [0.2, 0.25) is 5.02 Å². The smallest absolute Gasteiger partial charge is 0.325 e. The minimum Gasteiger partial charge on any atom is -0.340 e. The van der Waals surface area contributed by atoms with E-state index in [1.54, 1.807) is 25.2 Å². The summed E-state index contributed by atoms with van der Waals surface area (Å²) in [6.45, 7) is 7.54. The van der Waals surface area contributed by atoms with Crippen molar-refractivity contribution in [2.45, 2.75) is 38.8 Å². The van der Waals surface area contributed by atoms with Gasteiger partial charge in [0.25, 0.3) is 5.91 Å². The molecule has 2 fully saturated rings. The highest BCUT2D eigenvalue weighted by atomic mass is 35.5. The highest BCUT2D eigenvalue weighted by Crippen LogP contribution is 2.33. The number of benzene rings is 1. The fraction of sp³-hybridized carbons (Fsp3) is 0.458. The molecule has 3 heterocycles. The summed E-state index contributed by atoms with van der Waals surface area (Å²) in [4.78, 5) is 44.7. The van der Waals surface area contributed by atoms with Crippen molar-refractivity contribution in [2.75, 3.05) is 32.7 Å². The van der Waals surface area contributed by atoms with Gasteiger partial charge in [0.15, 0.2) is 0 Å². The average molecular weight is 489 g/mol. The van der Waals surface area contributed by atoms with Crippen LogP contribution in [0.4, 0.5) is 4.79 Å². The number of carbonyl (C=O) groups is 3. The number of nitrogens with one attached hydrogen (secondary N) is 1. The Morgan fingerprint density at radius 1 is 1.09 bits per heavy atom. The van der Waals surface area contributed by atoms with Gasteiger partial charge in [-0.25, -0.2) is 4.79 Å². The number of amides is 4. The van der Waals surface area contributed by atoms with E-state index in [2.05, 4.69) is 22.3 Å². The van der Waals surface area contributed by atoms with Crippen molar-refractivity contribution < 1.29 is 14.4 Å². The summed E-state index contributed by atoms with van der Waals surface area (Å²) >= 11 is 8.08. The predicted octanol–water partition coefficient (Wildman–Crippen LogP) is 3.82. The molecule has 33 heavy (non-hydrogen) atoms. The van der Waals surface area contributed by atoms with Gasteiger partial charge in [-0.3, -0.25) is 19.4 Å². The first-order valence-corrected chi connectivity index (χ1v) is 12.4. The van der Waals surface area contributed by atoms with Crippen LogP contribution in [-0.4, -0.2) is 70.8 Å². The second-order valence-corrected chi connectivity index (χ2v) is 10.6. The second kappa shape index (κ2) is 9.83. The SMILES string of the molecule is CC1(C)NC(=O)N(CCCC(=O)N2CCN(Cc3ccc(-c4ccccc4Cl)s3)CC2)C1=O. The zero-order valence-corrected chi connectivity index (χ0v) is 20.5. The van der Waals surface area contributed by atoms with Gasteiger partial charge in [-0.15, -0.1) is 11.3 Å². The predicted molar refractivity (Wildman–Crippen MR) is 130 cm³/mol. The van der Waals surface area contributed by atoms with Crippen LogP contribution < -0.4 is 5.32 Å². The maximum Gasteiger partial charge on any atom is 0.325 e. The molecule has 0 radical (unpaired) electrons. The average Bonchev–Trinajstić information content (AvgIpc) is 3.31. The lowest BCUT2D eigenvalue weighted by Gasteiger charge is -2.34. The lowest BCUT2D eigenvalue weighted by atomic mass is 10.1. The lowest BCUT2D eigenvalue weighted by Crippen LogP contribution is -2.48. The van der Waals surface area contributed by atoms with E-state index >= 15 is 0 Å². The van der Waals surface area contributed by atoms with Crippen LogP contribution in [-0.2, 0) is 16.1 Å². The van der Waals surface area contributed by atoms with E-state index in [0.29, 0.717) is 25.9 Å². The largest absolute Gasteiger partial charge is 0.340 e. The van der Waals surface area contributed by atoms with Crippen molar-refractivity contribution in [3.05, 3.63) is 46.3 Å². The number of imide groups is 1. The third-order valence-corrected chi connectivity index (χ3v) is 7.56. The minimum absolute atomic E-state index is 0.0816. The monoisotopic (exact) mass is 488 g/mol. The molecule has 0 spiro atoms. The summed E-state index contributed by atoms with van der Waals surface area (Å²) in [5, 5.41) is 3.42. The van der Waals surface area contributed by atoms with E-state index in [0.717, 1.165) is 35.1 Å². The Bertz CT molecular complexity index is 1050. The van der Waals surface area contributed by atoms with Crippen LogP contribution in [0.25, 0.3) is 10.4 Å². The van der Waals surface area contributed by atoms with Gasteiger partial charge >= 0.3 is 6.03 Å². The Labute approximate surface area is 203 Å². The van der Waals surface area contributed by atoms with Gasteiger partial charge in [0.2, 0.25) is 5.91 Å². The lowest BCUT2D eigenvalue weighted by molar-refractivity contribution is -0.134. The maximum absolute atomic E-state index is 12.6. The molecular formula is C24H29ClN4O3S. The normalized spacial score (nSPS) is 18.6. The molecule has 2 saturated heterocycles. The van der Waals surface area contributed by atoms with Gasteiger partial charge in [0.1, 0.15) is 5.54 Å². The topological polar surface area (TPSA) is 73.0 Å². The van der Waals surface area contributed by atoms with Crippen molar-refractivity contribution in [3.8, 4) is 10.4 Å². The quantitative estimate of drug-likeness (QED) is 0.601. The van der Waals surface area contributed by atoms with Gasteiger partial charge in [0, 0.05) is 66.0 Å². The third-order valence-electron chi connectivity index (χ3n) is 6.12. The number of halogens is 1. The first-order valence-electron chi connectivity index (χ1n) is 11.2. The molecule has 2 aliphatic heterocycles. The molecule has 0 atom stereocenters. The molecule has 176 valence electrons. The highest BCUT2D eigenvalue weighted by Gasteiger charge is 2.43. The number of hydrogen-bond acceptors (Lipinski definition) is 5. The number of nitrogens with zero attached hydrogens (tertiary/aromatic N) is 3. The third kappa shape index (κ3) is 5.39. The number of carbonyl (C=O) groups excluding carboxylic acids is 3. The molecule has 0 unspecified atom stereocenters. The molecule has 0 aliphatic carbocycles. The second-order valence-electron chi connectivity index (χ2n) is 9.02. The Morgan fingerprint density at radius 2 is 1.82 bits per heavy atom. The van der Waals surface area contributed by atoms with Crippen LogP contribution in [0.5, 0.6) is 0 Å². The van der Waals surface area contributed by atoms with Gasteiger partial charge < -0.3 is 10.2 Å². The summed E-state index contributed by atoms with van der Waals surface area (Å²) < 4.78 is 0. The van der Waals surface area contributed by atoms with E-state index in [1.165, 1.54) is 9.78 Å². The number of hydrogen-bond donors (Lipinski definition) is 1. The number of rotatable bonds is 7. The van der Waals surface area contributed by atoms with Crippen LogP contribution in [0.3, 0.4) is 0 Å². The summed E-state index contributed by atoms with van der Waals surface area (Å²) in [6.07, 6.45) is 0.817.